The van der Waals surface area contributed by atoms with E-state index in [9.17, 15) is 0 Å². The smallest absolute Gasteiger partial charge is 0.242 e. The van der Waals surface area contributed by atoms with Crippen LogP contribution in [0.1, 0.15) is 52.0 Å². The van der Waals surface area contributed by atoms with Gasteiger partial charge in [0.05, 0.1) is 54.6 Å². The molecule has 0 saturated carbocycles. The third-order valence-corrected chi connectivity index (χ3v) is 15.1. The van der Waals surface area contributed by atoms with Crippen LogP contribution < -0.4 is 9.30 Å². The van der Waals surface area contributed by atoms with E-state index < -0.39 is 60.4 Å². The molecule has 4 aromatic heterocycles. The van der Waals surface area contributed by atoms with Crippen LogP contribution in [0, 0.1) is 25.0 Å². The van der Waals surface area contributed by atoms with Gasteiger partial charge in [-0.2, -0.15) is 12.1 Å². The second-order valence-electron chi connectivity index (χ2n) is 21.0. The Morgan fingerprint density at radius 1 is 0.598 bits per heavy atom. The SMILES string of the molecule is [2H]c1c([2H])c([2H])c(-c2cccc(-c3c([2H])c([2H])c([2H])c([2H])c3[2H])c2CCC[n+]2[c-]n(-c3[c-]c(Oc4[c-]c5c(cc4)c4cc(-c6cccc7c8ccccc8n(-c8ccccc8)c67)ccc4n5-c4cc(C(C)(C)C)ccn4)cc([N+]#[C-])c3)c3ccccc32)c([2H])c1[2H].[Pt]. The zero-order chi connectivity index (χ0) is 63.3. The molecule has 0 N–H and O–H groups in total. The van der Waals surface area contributed by atoms with Gasteiger partial charge >= 0.3 is 0 Å². The van der Waals surface area contributed by atoms with Crippen molar-refractivity contribution in [3.05, 3.63) is 277 Å². The number of fused-ring (bicyclic) bond motifs is 7. The summed E-state index contributed by atoms with van der Waals surface area (Å²) in [5.41, 5.74) is 11.2. The fraction of sp³-hybridized carbons (Fsp3) is 0.0946. The maximum atomic E-state index is 8.95. The molecule has 0 aliphatic rings. The normalized spacial score (nSPS) is 13.3. The van der Waals surface area contributed by atoms with Crippen molar-refractivity contribution in [3.63, 3.8) is 0 Å². The van der Waals surface area contributed by atoms with Crippen LogP contribution in [-0.4, -0.2) is 18.7 Å². The summed E-state index contributed by atoms with van der Waals surface area (Å²) in [6, 6.07) is 58.3. The second-order valence-corrected chi connectivity index (χ2v) is 21.0. The van der Waals surface area contributed by atoms with Gasteiger partial charge in [-0.3, -0.25) is 4.85 Å². The second kappa shape index (κ2) is 21.5. The van der Waals surface area contributed by atoms with E-state index >= 15 is 0 Å². The molecule has 0 aliphatic carbocycles. The summed E-state index contributed by atoms with van der Waals surface area (Å²) in [5.74, 6) is 1.37. The summed E-state index contributed by atoms with van der Waals surface area (Å²) in [6.45, 7) is 15.1. The Hall–Kier alpha value is -9.60. The number of imidazole rings is 1. The number of rotatable bonds is 12. The number of pyridine rings is 1. The number of para-hydroxylation sites is 5. The van der Waals surface area contributed by atoms with Crippen LogP contribution in [-0.2, 0) is 39.4 Å². The molecule has 0 bridgehead atoms. The number of aromatic nitrogens is 5. The zero-order valence-corrected chi connectivity index (χ0v) is 47.0. The molecule has 0 amide bonds. The van der Waals surface area contributed by atoms with Gasteiger partial charge in [0.25, 0.3) is 0 Å². The van der Waals surface area contributed by atoms with E-state index in [0.29, 0.717) is 30.0 Å². The van der Waals surface area contributed by atoms with Gasteiger partial charge in [0.2, 0.25) is 6.33 Å². The van der Waals surface area contributed by atoms with Crippen molar-refractivity contribution in [1.82, 2.24) is 18.7 Å². The first kappa shape index (κ1) is 41.4. The molecule has 14 rings (SSSR count). The van der Waals surface area contributed by atoms with Crippen molar-refractivity contribution in [2.24, 2.45) is 0 Å². The van der Waals surface area contributed by atoms with E-state index in [1.165, 1.54) is 5.39 Å². The minimum atomic E-state index is -0.552. The number of hydrogen-bond donors (Lipinski definition) is 0. The Labute approximate surface area is 505 Å². The van der Waals surface area contributed by atoms with E-state index in [4.69, 9.17) is 30.0 Å². The number of benzene rings is 10. The Balaban J connectivity index is 0.00000773. The van der Waals surface area contributed by atoms with Gasteiger partial charge in [-0.05, 0) is 105 Å². The summed E-state index contributed by atoms with van der Waals surface area (Å²) in [7, 11) is 0. The average Bonchev–Trinajstić information content (AvgIpc) is 1.45. The summed E-state index contributed by atoms with van der Waals surface area (Å²) < 4.78 is 101. The zero-order valence-electron chi connectivity index (χ0n) is 54.8. The summed E-state index contributed by atoms with van der Waals surface area (Å²) in [6.07, 6.45) is 5.89. The Morgan fingerprint density at radius 2 is 1.28 bits per heavy atom. The van der Waals surface area contributed by atoms with Crippen LogP contribution in [0.25, 0.3) is 110 Å². The van der Waals surface area contributed by atoms with Gasteiger partial charge in [0, 0.05) is 60.6 Å². The first-order chi connectivity index (χ1) is 43.9. The molecule has 7 nitrogen and oxygen atoms in total. The first-order valence-corrected chi connectivity index (χ1v) is 26.8. The van der Waals surface area contributed by atoms with Crippen molar-refractivity contribution in [3.8, 4) is 62.1 Å². The predicted molar refractivity (Wildman–Crippen MR) is 329 cm³/mol. The predicted octanol–water partition coefficient (Wildman–Crippen LogP) is 18.2. The Kier molecular flexibility index (Phi) is 10.8. The number of ether oxygens (including phenoxy) is 1. The van der Waals surface area contributed by atoms with Crippen molar-refractivity contribution < 1.29 is 44.1 Å². The quantitative estimate of drug-likeness (QED) is 0.0904. The molecule has 82 heavy (non-hydrogen) atoms. The molecule has 0 atom stereocenters. The Bertz CT molecular complexity index is 5250. The van der Waals surface area contributed by atoms with Gasteiger partial charge in [0.1, 0.15) is 5.82 Å². The van der Waals surface area contributed by atoms with Crippen molar-refractivity contribution in [2.75, 3.05) is 0 Å². The third kappa shape index (κ3) is 9.35. The van der Waals surface area contributed by atoms with Crippen LogP contribution >= 0.6 is 0 Å². The molecule has 398 valence electrons. The van der Waals surface area contributed by atoms with E-state index in [1.54, 1.807) is 30.3 Å². The molecule has 0 fully saturated rings. The van der Waals surface area contributed by atoms with Crippen molar-refractivity contribution >= 4 is 60.3 Å². The number of nitrogens with zero attached hydrogens (tertiary/aromatic N) is 6. The maximum absolute atomic E-state index is 8.95. The molecule has 10 aromatic carbocycles. The molecule has 0 unspecified atom stereocenters. The molecule has 0 radical (unpaired) electrons. The van der Waals surface area contributed by atoms with Crippen molar-refractivity contribution in [1.29, 1.82) is 0 Å². The van der Waals surface area contributed by atoms with Gasteiger partial charge in [0.15, 0.2) is 0 Å². The molecular formula is C74H54N6OPt-2. The van der Waals surface area contributed by atoms with Gasteiger partial charge < -0.3 is 23.0 Å². The Morgan fingerprint density at radius 3 is 2.04 bits per heavy atom. The molecule has 0 spiro atoms. The summed E-state index contributed by atoms with van der Waals surface area (Å²) in [5, 5.41) is 4.26. The fourth-order valence-electron chi connectivity index (χ4n) is 11.3. The van der Waals surface area contributed by atoms with Crippen LogP contribution in [0.15, 0.2) is 236 Å². The number of aryl methyl sites for hydroxylation is 1. The summed E-state index contributed by atoms with van der Waals surface area (Å²) >= 11 is 0. The minimum absolute atomic E-state index is 0. The topological polar surface area (TPSA) is 45.1 Å². The van der Waals surface area contributed by atoms with Crippen LogP contribution in [0.2, 0.25) is 0 Å². The monoisotopic (exact) mass is 1250 g/mol. The van der Waals surface area contributed by atoms with E-state index in [-0.39, 0.29) is 66.6 Å². The maximum Gasteiger partial charge on any atom is 0.242 e. The van der Waals surface area contributed by atoms with Crippen molar-refractivity contribution in [2.45, 2.75) is 45.6 Å². The van der Waals surface area contributed by atoms with Gasteiger partial charge in [-0.15, -0.1) is 29.7 Å². The average molecular weight is 1250 g/mol. The number of hydrogen-bond acceptors (Lipinski definition) is 2. The molecule has 8 heteroatoms. The van der Waals surface area contributed by atoms with Gasteiger partial charge in [-0.1, -0.05) is 202 Å². The van der Waals surface area contributed by atoms with Crippen LogP contribution in [0.5, 0.6) is 11.5 Å². The molecular weight excluding hydrogens is 1180 g/mol. The van der Waals surface area contributed by atoms with Crippen LogP contribution in [0.3, 0.4) is 0 Å². The van der Waals surface area contributed by atoms with E-state index in [0.717, 1.165) is 77.5 Å². The fourth-order valence-corrected chi connectivity index (χ4v) is 11.3. The summed E-state index contributed by atoms with van der Waals surface area (Å²) in [4.78, 5) is 8.85. The molecule has 4 heterocycles. The largest absolute Gasteiger partial charge is 0.511 e. The molecule has 0 saturated heterocycles. The van der Waals surface area contributed by atoms with E-state index in [1.807, 2.05) is 63.9 Å². The van der Waals surface area contributed by atoms with Gasteiger partial charge in [-0.25, -0.2) is 4.98 Å². The van der Waals surface area contributed by atoms with Crippen LogP contribution in [0.4, 0.5) is 5.69 Å². The molecule has 14 aromatic rings. The molecule has 0 aliphatic heterocycles. The minimum Gasteiger partial charge on any atom is -0.511 e. The van der Waals surface area contributed by atoms with E-state index in [2.05, 4.69) is 144 Å². The first-order valence-electron chi connectivity index (χ1n) is 31.8. The standard InChI is InChI=1S/C74H54N6O.Pt/c1-74(2,3)53-40-41-76-72(44-53)80-68-39-36-52(61-30-19-31-65-63-27-14-15-33-67(63)79(73(61)65)55-25-12-7-13-26-55)43-66(68)64-38-37-57(48-71(64)80)81-58-46-54(75-4)45-56(47-58)78-49-77(69-34-16-17-35-70(69)78)42-20-32-62-59(50-21-8-5-9-22-50)28-18-29-60(62)51-23-10-6-11-24-51;/h5-19,21-31,33-41,43-46H,20,32,42H2,1-3H3;/q-2;/i5D,6D,8D,9D,10D,11D,21D,22D,23D,24D;. The third-order valence-electron chi connectivity index (χ3n) is 15.1.